The molecule has 0 heterocycles. The van der Waals surface area contributed by atoms with Gasteiger partial charge in [0.2, 0.25) is 5.92 Å². The number of alkyl halides is 2. The van der Waals surface area contributed by atoms with Gasteiger partial charge in [0.15, 0.2) is 9.84 Å². The summed E-state index contributed by atoms with van der Waals surface area (Å²) in [5, 5.41) is 2.89. The number of nitrogens with one attached hydrogen (secondary N) is 1. The van der Waals surface area contributed by atoms with Gasteiger partial charge in [-0.1, -0.05) is 0 Å². The minimum atomic E-state index is -3.08. The van der Waals surface area contributed by atoms with Crippen LogP contribution < -0.4 is 5.32 Å². The normalized spacial score (nSPS) is 21.6. The molecule has 0 bridgehead atoms. The van der Waals surface area contributed by atoms with Gasteiger partial charge in [-0.05, 0) is 38.8 Å². The predicted octanol–water partition coefficient (Wildman–Crippen LogP) is 1.84. The second kappa shape index (κ2) is 6.09. The molecular formula is C11H21F2NO2S. The van der Waals surface area contributed by atoms with Gasteiger partial charge in [-0.25, -0.2) is 17.2 Å². The molecule has 0 amide bonds. The molecule has 3 nitrogen and oxygen atoms in total. The Bertz CT molecular complexity index is 320. The van der Waals surface area contributed by atoms with Crippen LogP contribution in [-0.4, -0.2) is 39.4 Å². The van der Waals surface area contributed by atoms with Crippen molar-refractivity contribution in [2.24, 2.45) is 5.92 Å². The molecule has 0 saturated heterocycles. The van der Waals surface area contributed by atoms with Gasteiger partial charge in [0.25, 0.3) is 0 Å². The highest BCUT2D eigenvalue weighted by atomic mass is 32.2. The van der Waals surface area contributed by atoms with E-state index in [0.717, 1.165) is 0 Å². The summed E-state index contributed by atoms with van der Waals surface area (Å²) in [5.41, 5.74) is 0. The van der Waals surface area contributed by atoms with E-state index in [9.17, 15) is 17.2 Å². The third-order valence-corrected chi connectivity index (χ3v) is 5.10. The van der Waals surface area contributed by atoms with E-state index in [1.54, 1.807) is 7.05 Å². The fourth-order valence-electron chi connectivity index (χ4n) is 2.18. The van der Waals surface area contributed by atoms with Gasteiger partial charge in [-0.3, -0.25) is 0 Å². The van der Waals surface area contributed by atoms with Crippen LogP contribution in [0.15, 0.2) is 0 Å². The van der Waals surface area contributed by atoms with Gasteiger partial charge in [0.1, 0.15) is 0 Å². The van der Waals surface area contributed by atoms with Crippen LogP contribution in [0.4, 0.5) is 8.78 Å². The van der Waals surface area contributed by atoms with Crippen LogP contribution in [0.25, 0.3) is 0 Å². The first kappa shape index (κ1) is 14.8. The van der Waals surface area contributed by atoms with Crippen LogP contribution in [0.1, 0.15) is 32.1 Å². The zero-order valence-corrected chi connectivity index (χ0v) is 11.0. The van der Waals surface area contributed by atoms with Gasteiger partial charge in [-0.15, -0.1) is 0 Å². The van der Waals surface area contributed by atoms with Crippen LogP contribution in [0.2, 0.25) is 0 Å². The van der Waals surface area contributed by atoms with Crippen molar-refractivity contribution in [1.82, 2.24) is 5.32 Å². The first-order valence-electron chi connectivity index (χ1n) is 6.07. The lowest BCUT2D eigenvalue weighted by Gasteiger charge is -2.27. The summed E-state index contributed by atoms with van der Waals surface area (Å²) >= 11 is 0. The third kappa shape index (κ3) is 5.77. The molecule has 0 aromatic rings. The van der Waals surface area contributed by atoms with Crippen LogP contribution in [-0.2, 0) is 9.84 Å². The molecule has 6 heteroatoms. The topological polar surface area (TPSA) is 46.2 Å². The highest BCUT2D eigenvalue weighted by molar-refractivity contribution is 7.91. The van der Waals surface area contributed by atoms with Crippen LogP contribution >= 0.6 is 0 Å². The molecule has 0 aromatic carbocycles. The lowest BCUT2D eigenvalue weighted by Crippen LogP contribution is -2.29. The van der Waals surface area contributed by atoms with Crippen LogP contribution in [0.3, 0.4) is 0 Å². The third-order valence-electron chi connectivity index (χ3n) is 3.21. The van der Waals surface area contributed by atoms with Gasteiger partial charge in [0, 0.05) is 12.8 Å². The fourth-order valence-corrected chi connectivity index (χ4v) is 3.98. The molecule has 0 unspecified atom stereocenters. The Morgan fingerprint density at radius 3 is 2.41 bits per heavy atom. The lowest BCUT2D eigenvalue weighted by molar-refractivity contribution is -0.0435. The molecule has 1 aliphatic rings. The zero-order chi connectivity index (χ0) is 12.9. The van der Waals surface area contributed by atoms with E-state index in [1.807, 2.05) is 0 Å². The van der Waals surface area contributed by atoms with E-state index in [4.69, 9.17) is 0 Å². The van der Waals surface area contributed by atoms with Crippen molar-refractivity contribution in [3.8, 4) is 0 Å². The molecule has 0 atom stereocenters. The molecule has 1 N–H and O–H groups in total. The van der Waals surface area contributed by atoms with Crippen molar-refractivity contribution in [3.63, 3.8) is 0 Å². The minimum absolute atomic E-state index is 0.0748. The smallest absolute Gasteiger partial charge is 0.248 e. The molecule has 102 valence electrons. The van der Waals surface area contributed by atoms with Crippen molar-refractivity contribution in [3.05, 3.63) is 0 Å². The molecular weight excluding hydrogens is 248 g/mol. The number of sulfone groups is 1. The van der Waals surface area contributed by atoms with E-state index >= 15 is 0 Å². The Morgan fingerprint density at radius 2 is 1.88 bits per heavy atom. The molecule has 1 saturated carbocycles. The molecule has 1 aliphatic carbocycles. The summed E-state index contributed by atoms with van der Waals surface area (Å²) in [5.74, 6) is -2.42. The zero-order valence-electron chi connectivity index (χ0n) is 10.2. The molecule has 0 aromatic heterocycles. The molecule has 0 spiro atoms. The lowest BCUT2D eigenvalue weighted by atomic mass is 9.88. The Morgan fingerprint density at radius 1 is 1.29 bits per heavy atom. The second-order valence-electron chi connectivity index (χ2n) is 4.87. The first-order valence-corrected chi connectivity index (χ1v) is 7.90. The Balaban J connectivity index is 2.34. The van der Waals surface area contributed by atoms with Crippen molar-refractivity contribution < 1.29 is 17.2 Å². The van der Waals surface area contributed by atoms with E-state index < -0.39 is 15.8 Å². The summed E-state index contributed by atoms with van der Waals surface area (Å²) in [4.78, 5) is 0. The van der Waals surface area contributed by atoms with Gasteiger partial charge in [-0.2, -0.15) is 0 Å². The van der Waals surface area contributed by atoms with Gasteiger partial charge in [0.05, 0.1) is 11.5 Å². The van der Waals surface area contributed by atoms with E-state index in [1.165, 1.54) is 0 Å². The summed E-state index contributed by atoms with van der Waals surface area (Å²) in [6.45, 7) is 0.669. The largest absolute Gasteiger partial charge is 0.320 e. The molecule has 0 radical (unpaired) electrons. The number of hydrogen-bond donors (Lipinski definition) is 1. The first-order chi connectivity index (χ1) is 7.85. The highest BCUT2D eigenvalue weighted by Gasteiger charge is 2.36. The SMILES string of the molecule is CNCCCS(=O)(=O)CC1CCC(F)(F)CC1. The maximum Gasteiger partial charge on any atom is 0.248 e. The molecule has 1 fully saturated rings. The standard InChI is InChI=1S/C11H21F2NO2S/c1-14-7-2-8-17(15,16)9-10-3-5-11(12,13)6-4-10/h10,14H,2-9H2,1H3. The summed E-state index contributed by atoms with van der Waals surface area (Å²) in [6, 6.07) is 0. The van der Waals surface area contributed by atoms with Crippen molar-refractivity contribution >= 4 is 9.84 Å². The molecule has 17 heavy (non-hydrogen) atoms. The Hall–Kier alpha value is -0.230. The quantitative estimate of drug-likeness (QED) is 0.748. The van der Waals surface area contributed by atoms with E-state index in [0.29, 0.717) is 25.8 Å². The average Bonchev–Trinajstić information content (AvgIpc) is 2.21. The van der Waals surface area contributed by atoms with E-state index in [-0.39, 0.29) is 30.3 Å². The number of hydrogen-bond acceptors (Lipinski definition) is 3. The van der Waals surface area contributed by atoms with Crippen molar-refractivity contribution in [2.75, 3.05) is 25.1 Å². The van der Waals surface area contributed by atoms with Crippen molar-refractivity contribution in [1.29, 1.82) is 0 Å². The summed E-state index contributed by atoms with van der Waals surface area (Å²) < 4.78 is 49.2. The fraction of sp³-hybridized carbons (Fsp3) is 1.00. The number of halogens is 2. The monoisotopic (exact) mass is 269 g/mol. The molecule has 0 aliphatic heterocycles. The van der Waals surface area contributed by atoms with Gasteiger partial charge < -0.3 is 5.32 Å². The Kier molecular flexibility index (Phi) is 5.31. The molecule has 1 rings (SSSR count). The second-order valence-corrected chi connectivity index (χ2v) is 7.10. The van der Waals surface area contributed by atoms with E-state index in [2.05, 4.69) is 5.32 Å². The maximum absolute atomic E-state index is 12.9. The summed E-state index contributed by atoms with van der Waals surface area (Å²) in [6.07, 6.45) is 0.922. The van der Waals surface area contributed by atoms with Crippen molar-refractivity contribution in [2.45, 2.75) is 38.0 Å². The van der Waals surface area contributed by atoms with Crippen LogP contribution in [0, 0.1) is 5.92 Å². The Labute approximate surface area is 102 Å². The van der Waals surface area contributed by atoms with Crippen LogP contribution in [0.5, 0.6) is 0 Å². The number of rotatable bonds is 6. The average molecular weight is 269 g/mol. The minimum Gasteiger partial charge on any atom is -0.320 e. The maximum atomic E-state index is 12.9. The predicted molar refractivity (Wildman–Crippen MR) is 64.1 cm³/mol. The van der Waals surface area contributed by atoms with Gasteiger partial charge >= 0.3 is 0 Å². The summed E-state index contributed by atoms with van der Waals surface area (Å²) in [7, 11) is -1.30. The highest BCUT2D eigenvalue weighted by Crippen LogP contribution is 2.36.